The molecule has 3 nitrogen and oxygen atoms in total. The smallest absolute Gasteiger partial charge is 0.251 e. The van der Waals surface area contributed by atoms with Crippen molar-refractivity contribution in [1.82, 2.24) is 0 Å². The molecule has 0 aromatic heterocycles. The van der Waals surface area contributed by atoms with Gasteiger partial charge in [0, 0.05) is 19.8 Å². The summed E-state index contributed by atoms with van der Waals surface area (Å²) in [5.74, 6) is 0. The Labute approximate surface area is 122 Å². The number of hydrogen-bond acceptors (Lipinski definition) is 3. The maximum atomic E-state index is 5.72. The fourth-order valence-corrected chi connectivity index (χ4v) is 3.47. The Kier molecular flexibility index (Phi) is 13.2. The van der Waals surface area contributed by atoms with Gasteiger partial charge in [-0.05, 0) is 20.8 Å². The third-order valence-corrected chi connectivity index (χ3v) is 4.34. The minimum Gasteiger partial charge on any atom is -0.332 e. The highest BCUT2D eigenvalue weighted by atomic mass is 28.2. The van der Waals surface area contributed by atoms with Gasteiger partial charge in [0.25, 0.3) is 5.60 Å². The van der Waals surface area contributed by atoms with Crippen LogP contribution in [0.15, 0.2) is 0 Å². The molecule has 2 radical (unpaired) electrons. The molecule has 0 atom stereocenters. The van der Waals surface area contributed by atoms with Crippen molar-refractivity contribution in [3.05, 3.63) is 0 Å². The fourth-order valence-electron chi connectivity index (χ4n) is 1.99. The maximum absolute atomic E-state index is 5.72. The lowest BCUT2D eigenvalue weighted by atomic mass is 10.1. The Morgan fingerprint density at radius 2 is 1.16 bits per heavy atom. The van der Waals surface area contributed by atoms with E-state index in [1.165, 1.54) is 38.5 Å². The molecule has 4 heteroatoms. The zero-order valence-corrected chi connectivity index (χ0v) is 14.3. The van der Waals surface area contributed by atoms with Gasteiger partial charge >= 0.3 is 0 Å². The summed E-state index contributed by atoms with van der Waals surface area (Å²) in [6.07, 6.45) is 7.95. The average Bonchev–Trinajstić information content (AvgIpc) is 2.39. The van der Waals surface area contributed by atoms with Crippen molar-refractivity contribution in [2.24, 2.45) is 0 Å². The lowest BCUT2D eigenvalue weighted by molar-refractivity contribution is -0.323. The maximum Gasteiger partial charge on any atom is 0.251 e. The molecule has 0 heterocycles. The van der Waals surface area contributed by atoms with E-state index in [0.29, 0.717) is 29.3 Å². The van der Waals surface area contributed by atoms with Crippen LogP contribution in [0.25, 0.3) is 0 Å². The molecule has 0 amide bonds. The van der Waals surface area contributed by atoms with Crippen molar-refractivity contribution in [1.29, 1.82) is 0 Å². The summed E-state index contributed by atoms with van der Waals surface area (Å²) < 4.78 is 17.2. The monoisotopic (exact) mass is 288 g/mol. The largest absolute Gasteiger partial charge is 0.332 e. The highest BCUT2D eigenvalue weighted by Gasteiger charge is 2.32. The molecule has 19 heavy (non-hydrogen) atoms. The van der Waals surface area contributed by atoms with Crippen LogP contribution in [0.2, 0.25) is 6.04 Å². The molecule has 0 saturated carbocycles. The third-order valence-electron chi connectivity index (χ3n) is 2.87. The zero-order chi connectivity index (χ0) is 14.4. The Hall–Kier alpha value is 0.0969. The number of unbranched alkanes of at least 4 members (excludes halogenated alkanes) is 5. The second kappa shape index (κ2) is 13.1. The zero-order valence-electron chi connectivity index (χ0n) is 13.3. The van der Waals surface area contributed by atoms with Crippen molar-refractivity contribution < 1.29 is 14.2 Å². The van der Waals surface area contributed by atoms with Crippen LogP contribution in [0.1, 0.15) is 66.2 Å². The second-order valence-electron chi connectivity index (χ2n) is 4.55. The van der Waals surface area contributed by atoms with Gasteiger partial charge in [0.05, 0.1) is 0 Å². The Bertz CT molecular complexity index is 171. The molecule has 0 spiro atoms. The molecule has 114 valence electrons. The molecule has 0 N–H and O–H groups in total. The van der Waals surface area contributed by atoms with Gasteiger partial charge in [0.15, 0.2) is 9.52 Å². The van der Waals surface area contributed by atoms with Gasteiger partial charge in [-0.3, -0.25) is 0 Å². The molecule has 0 aliphatic carbocycles. The molecule has 0 aliphatic rings. The molecule has 0 bridgehead atoms. The van der Waals surface area contributed by atoms with E-state index in [2.05, 4.69) is 6.92 Å². The molecular weight excluding hydrogens is 256 g/mol. The first-order valence-electron chi connectivity index (χ1n) is 7.91. The first-order valence-corrected chi connectivity index (χ1v) is 9.12. The predicted octanol–water partition coefficient (Wildman–Crippen LogP) is 4.19. The normalized spacial score (nSPS) is 12.0. The second-order valence-corrected chi connectivity index (χ2v) is 6.02. The van der Waals surface area contributed by atoms with Crippen LogP contribution < -0.4 is 0 Å². The fraction of sp³-hybridized carbons (Fsp3) is 1.00. The Morgan fingerprint density at radius 1 is 0.684 bits per heavy atom. The highest BCUT2D eigenvalue weighted by Crippen LogP contribution is 2.18. The van der Waals surface area contributed by atoms with Crippen molar-refractivity contribution in [2.45, 2.75) is 77.9 Å². The highest BCUT2D eigenvalue weighted by molar-refractivity contribution is 6.38. The Balaban J connectivity index is 3.89. The van der Waals surface area contributed by atoms with E-state index in [1.54, 1.807) is 0 Å². The van der Waals surface area contributed by atoms with Crippen molar-refractivity contribution in [3.63, 3.8) is 0 Å². The van der Waals surface area contributed by atoms with Gasteiger partial charge in [0.1, 0.15) is 0 Å². The third kappa shape index (κ3) is 9.60. The van der Waals surface area contributed by atoms with Crippen LogP contribution in [0.4, 0.5) is 0 Å². The molecular formula is C15H32O3Si. The Morgan fingerprint density at radius 3 is 1.63 bits per heavy atom. The summed E-state index contributed by atoms with van der Waals surface area (Å²) in [4.78, 5) is 0. The van der Waals surface area contributed by atoms with E-state index in [0.717, 1.165) is 6.04 Å². The van der Waals surface area contributed by atoms with Crippen LogP contribution in [0, 0.1) is 0 Å². The minimum absolute atomic E-state index is 0.560. The van der Waals surface area contributed by atoms with Gasteiger partial charge in [-0.25, -0.2) is 0 Å². The van der Waals surface area contributed by atoms with Crippen molar-refractivity contribution in [2.75, 3.05) is 19.8 Å². The standard InChI is InChI=1S/C15H32O3Si/c1-5-9-10-11-12-13-14-19-15(16-6-2,17-7-3)18-8-4/h5-14H2,1-4H3. The van der Waals surface area contributed by atoms with E-state index in [-0.39, 0.29) is 0 Å². The summed E-state index contributed by atoms with van der Waals surface area (Å²) in [7, 11) is 0.560. The van der Waals surface area contributed by atoms with E-state index in [1.807, 2.05) is 20.8 Å². The molecule has 0 aromatic carbocycles. The van der Waals surface area contributed by atoms with Crippen LogP contribution in [-0.4, -0.2) is 34.9 Å². The lowest BCUT2D eigenvalue weighted by Crippen LogP contribution is -2.45. The summed E-state index contributed by atoms with van der Waals surface area (Å²) >= 11 is 0. The van der Waals surface area contributed by atoms with Crippen LogP contribution in [-0.2, 0) is 14.2 Å². The first-order chi connectivity index (χ1) is 9.24. The quantitative estimate of drug-likeness (QED) is 0.272. The number of rotatable bonds is 14. The van der Waals surface area contributed by atoms with E-state index in [4.69, 9.17) is 14.2 Å². The van der Waals surface area contributed by atoms with Crippen LogP contribution >= 0.6 is 0 Å². The van der Waals surface area contributed by atoms with E-state index >= 15 is 0 Å². The van der Waals surface area contributed by atoms with Crippen LogP contribution in [0.5, 0.6) is 0 Å². The minimum atomic E-state index is -0.776. The average molecular weight is 289 g/mol. The molecule has 0 aliphatic heterocycles. The van der Waals surface area contributed by atoms with Crippen molar-refractivity contribution in [3.8, 4) is 0 Å². The molecule has 0 aromatic rings. The summed E-state index contributed by atoms with van der Waals surface area (Å²) in [6.45, 7) is 10.1. The first kappa shape index (κ1) is 19.1. The van der Waals surface area contributed by atoms with Gasteiger partial charge in [0.2, 0.25) is 0 Å². The number of hydrogen-bond donors (Lipinski definition) is 0. The molecule has 0 unspecified atom stereocenters. The summed E-state index contributed by atoms with van der Waals surface area (Å²) in [5.41, 5.74) is -0.776. The molecule has 0 saturated heterocycles. The topological polar surface area (TPSA) is 27.7 Å². The lowest BCUT2D eigenvalue weighted by Gasteiger charge is -2.32. The predicted molar refractivity (Wildman–Crippen MR) is 81.5 cm³/mol. The van der Waals surface area contributed by atoms with Gasteiger partial charge in [-0.1, -0.05) is 51.5 Å². The van der Waals surface area contributed by atoms with Crippen LogP contribution in [0.3, 0.4) is 0 Å². The van der Waals surface area contributed by atoms with Gasteiger partial charge in [-0.2, -0.15) is 0 Å². The summed E-state index contributed by atoms with van der Waals surface area (Å²) in [6, 6.07) is 1.13. The van der Waals surface area contributed by atoms with Crippen molar-refractivity contribution >= 4 is 9.52 Å². The van der Waals surface area contributed by atoms with E-state index in [9.17, 15) is 0 Å². The summed E-state index contributed by atoms with van der Waals surface area (Å²) in [5, 5.41) is 0. The van der Waals surface area contributed by atoms with Gasteiger partial charge < -0.3 is 14.2 Å². The SMILES string of the molecule is CCCCCCCC[Si]C(OCC)(OCC)OCC. The van der Waals surface area contributed by atoms with Gasteiger partial charge in [-0.15, -0.1) is 0 Å². The molecule has 0 fully saturated rings. The van der Waals surface area contributed by atoms with E-state index < -0.39 is 5.60 Å². The number of ether oxygens (including phenoxy) is 3. The molecule has 0 rings (SSSR count).